The molecule has 4 rings (SSSR count). The number of anilines is 1. The van der Waals surface area contributed by atoms with E-state index in [0.29, 0.717) is 23.7 Å². The summed E-state index contributed by atoms with van der Waals surface area (Å²) in [7, 11) is 1.96. The average molecular weight is 374 g/mol. The van der Waals surface area contributed by atoms with E-state index in [2.05, 4.69) is 17.4 Å². The van der Waals surface area contributed by atoms with E-state index in [1.807, 2.05) is 72.6 Å². The second kappa shape index (κ2) is 8.15. The van der Waals surface area contributed by atoms with Crippen molar-refractivity contribution in [1.29, 1.82) is 0 Å². The van der Waals surface area contributed by atoms with E-state index in [4.69, 9.17) is 9.47 Å². The van der Waals surface area contributed by atoms with Gasteiger partial charge in [-0.05, 0) is 30.3 Å². The number of carbonyl (C=O) groups is 1. The molecule has 1 heterocycles. The maximum absolute atomic E-state index is 13.2. The van der Waals surface area contributed by atoms with Gasteiger partial charge in [-0.2, -0.15) is 0 Å². The molecule has 5 nitrogen and oxygen atoms in total. The number of hydrogen-bond donors (Lipinski definition) is 1. The molecule has 0 bridgehead atoms. The van der Waals surface area contributed by atoms with E-state index >= 15 is 0 Å². The van der Waals surface area contributed by atoms with Gasteiger partial charge in [0.2, 0.25) is 12.7 Å². The molecule has 1 N–H and O–H groups in total. The third-order valence-corrected chi connectivity index (χ3v) is 4.72. The number of nitrogens with zero attached hydrogens (tertiary/aromatic N) is 1. The Hall–Kier alpha value is -3.31. The largest absolute Gasteiger partial charge is 0.454 e. The van der Waals surface area contributed by atoms with Crippen molar-refractivity contribution >= 4 is 11.6 Å². The van der Waals surface area contributed by atoms with E-state index in [1.54, 1.807) is 6.07 Å². The summed E-state index contributed by atoms with van der Waals surface area (Å²) in [5.74, 6) is 1.24. The van der Waals surface area contributed by atoms with E-state index in [9.17, 15) is 4.79 Å². The van der Waals surface area contributed by atoms with Gasteiger partial charge in [-0.15, -0.1) is 0 Å². The van der Waals surface area contributed by atoms with Gasteiger partial charge in [0.25, 0.3) is 0 Å². The second-order valence-electron chi connectivity index (χ2n) is 6.77. The number of nitrogens with one attached hydrogen (secondary N) is 1. The first kappa shape index (κ1) is 18.1. The Labute approximate surface area is 164 Å². The van der Waals surface area contributed by atoms with Crippen molar-refractivity contribution in [1.82, 2.24) is 4.90 Å². The van der Waals surface area contributed by atoms with Crippen LogP contribution in [0.3, 0.4) is 0 Å². The first-order valence-electron chi connectivity index (χ1n) is 9.20. The summed E-state index contributed by atoms with van der Waals surface area (Å²) < 4.78 is 10.7. The van der Waals surface area contributed by atoms with Gasteiger partial charge in [0.15, 0.2) is 11.5 Å². The first-order chi connectivity index (χ1) is 13.7. The maximum Gasteiger partial charge on any atom is 0.246 e. The third-order valence-electron chi connectivity index (χ3n) is 4.72. The highest BCUT2D eigenvalue weighted by molar-refractivity contribution is 5.95. The Morgan fingerprint density at radius 3 is 2.39 bits per heavy atom. The van der Waals surface area contributed by atoms with Crippen molar-refractivity contribution in [2.24, 2.45) is 0 Å². The van der Waals surface area contributed by atoms with Crippen LogP contribution in [-0.2, 0) is 11.3 Å². The van der Waals surface area contributed by atoms with Gasteiger partial charge in [-0.1, -0.05) is 60.7 Å². The predicted octanol–water partition coefficient (Wildman–Crippen LogP) is 4.23. The van der Waals surface area contributed by atoms with Crippen LogP contribution in [0.4, 0.5) is 5.69 Å². The number of amides is 1. The number of hydrogen-bond acceptors (Lipinski definition) is 4. The zero-order chi connectivity index (χ0) is 19.3. The fourth-order valence-electron chi connectivity index (χ4n) is 3.39. The number of carbonyl (C=O) groups excluding carboxylic acids is 1. The topological polar surface area (TPSA) is 50.8 Å². The average Bonchev–Trinajstić information content (AvgIpc) is 3.17. The summed E-state index contributed by atoms with van der Waals surface area (Å²) in [6.45, 7) is 0.869. The third kappa shape index (κ3) is 4.00. The van der Waals surface area contributed by atoms with E-state index in [1.165, 1.54) is 0 Å². The maximum atomic E-state index is 13.2. The molecule has 1 aliphatic rings. The Morgan fingerprint density at radius 2 is 1.64 bits per heavy atom. The summed E-state index contributed by atoms with van der Waals surface area (Å²) in [5.41, 5.74) is 2.78. The zero-order valence-corrected chi connectivity index (χ0v) is 15.7. The molecule has 142 valence electrons. The Bertz CT molecular complexity index is 945. The number of rotatable bonds is 6. The van der Waals surface area contributed by atoms with Gasteiger partial charge in [0.05, 0.1) is 0 Å². The summed E-state index contributed by atoms with van der Waals surface area (Å²) in [6.07, 6.45) is 0. The van der Waals surface area contributed by atoms with Gasteiger partial charge >= 0.3 is 0 Å². The lowest BCUT2D eigenvalue weighted by atomic mass is 10.0. The van der Waals surface area contributed by atoms with Gasteiger partial charge in [0, 0.05) is 18.3 Å². The van der Waals surface area contributed by atoms with Gasteiger partial charge in [-0.3, -0.25) is 9.69 Å². The van der Waals surface area contributed by atoms with Crippen LogP contribution >= 0.6 is 0 Å². The smallest absolute Gasteiger partial charge is 0.246 e. The van der Waals surface area contributed by atoms with Gasteiger partial charge in [0.1, 0.15) is 6.04 Å². The molecule has 1 amide bonds. The molecule has 3 aromatic carbocycles. The van der Waals surface area contributed by atoms with Crippen molar-refractivity contribution < 1.29 is 14.3 Å². The Kier molecular flexibility index (Phi) is 5.26. The molecule has 0 aliphatic carbocycles. The molecule has 0 saturated heterocycles. The van der Waals surface area contributed by atoms with E-state index in [-0.39, 0.29) is 12.7 Å². The lowest BCUT2D eigenvalue weighted by Crippen LogP contribution is -2.34. The van der Waals surface area contributed by atoms with E-state index in [0.717, 1.165) is 11.1 Å². The molecule has 1 atom stereocenters. The van der Waals surface area contributed by atoms with Crippen LogP contribution in [-0.4, -0.2) is 24.6 Å². The standard InChI is InChI=1S/C23H22N2O3/c1-25(15-17-8-4-2-5-9-17)22(18-10-6-3-7-11-18)23(26)24-19-12-13-20-21(14-19)28-16-27-20/h2-14,22H,15-16H2,1H3,(H,24,26). The lowest BCUT2D eigenvalue weighted by Gasteiger charge is -2.27. The molecule has 0 spiro atoms. The van der Waals surface area contributed by atoms with Crippen molar-refractivity contribution in [3.63, 3.8) is 0 Å². The molecule has 0 saturated carbocycles. The molecular formula is C23H22N2O3. The van der Waals surface area contributed by atoms with Crippen LogP contribution < -0.4 is 14.8 Å². The predicted molar refractivity (Wildman–Crippen MR) is 108 cm³/mol. The number of fused-ring (bicyclic) bond motifs is 1. The van der Waals surface area contributed by atoms with Crippen molar-refractivity contribution in [2.45, 2.75) is 12.6 Å². The number of benzene rings is 3. The van der Waals surface area contributed by atoms with Gasteiger partial charge < -0.3 is 14.8 Å². The molecule has 0 aromatic heterocycles. The SMILES string of the molecule is CN(Cc1ccccc1)C(C(=O)Nc1ccc2c(c1)OCO2)c1ccccc1. The van der Waals surface area contributed by atoms with Crippen LogP contribution in [0.1, 0.15) is 17.2 Å². The fraction of sp³-hybridized carbons (Fsp3) is 0.174. The van der Waals surface area contributed by atoms with E-state index < -0.39 is 6.04 Å². The monoisotopic (exact) mass is 374 g/mol. The highest BCUT2D eigenvalue weighted by Gasteiger charge is 2.26. The first-order valence-corrected chi connectivity index (χ1v) is 9.20. The summed E-state index contributed by atoms with van der Waals surface area (Å²) in [6, 6.07) is 24.9. The molecule has 0 radical (unpaired) electrons. The minimum Gasteiger partial charge on any atom is -0.454 e. The van der Waals surface area contributed by atoms with Crippen LogP contribution in [0.25, 0.3) is 0 Å². The second-order valence-corrected chi connectivity index (χ2v) is 6.77. The van der Waals surface area contributed by atoms with Crippen LogP contribution in [0.5, 0.6) is 11.5 Å². The summed E-state index contributed by atoms with van der Waals surface area (Å²) in [5, 5.41) is 3.02. The Balaban J connectivity index is 1.57. The molecular weight excluding hydrogens is 352 g/mol. The van der Waals surface area contributed by atoms with Crippen LogP contribution in [0.15, 0.2) is 78.9 Å². The summed E-state index contributed by atoms with van der Waals surface area (Å²) >= 11 is 0. The fourth-order valence-corrected chi connectivity index (χ4v) is 3.39. The number of ether oxygens (including phenoxy) is 2. The molecule has 1 aliphatic heterocycles. The minimum absolute atomic E-state index is 0.0940. The van der Waals surface area contributed by atoms with Crippen LogP contribution in [0, 0.1) is 0 Å². The van der Waals surface area contributed by atoms with Crippen molar-refractivity contribution in [3.8, 4) is 11.5 Å². The van der Waals surface area contributed by atoms with Crippen LogP contribution in [0.2, 0.25) is 0 Å². The molecule has 1 unspecified atom stereocenters. The summed E-state index contributed by atoms with van der Waals surface area (Å²) in [4.78, 5) is 15.3. The van der Waals surface area contributed by atoms with Crippen molar-refractivity contribution in [2.75, 3.05) is 19.2 Å². The minimum atomic E-state index is -0.424. The molecule has 3 aromatic rings. The molecule has 28 heavy (non-hydrogen) atoms. The Morgan fingerprint density at radius 1 is 0.964 bits per heavy atom. The molecule has 5 heteroatoms. The highest BCUT2D eigenvalue weighted by atomic mass is 16.7. The van der Waals surface area contributed by atoms with Crippen molar-refractivity contribution in [3.05, 3.63) is 90.0 Å². The highest BCUT2D eigenvalue weighted by Crippen LogP contribution is 2.34. The van der Waals surface area contributed by atoms with Gasteiger partial charge in [-0.25, -0.2) is 0 Å². The zero-order valence-electron chi connectivity index (χ0n) is 15.7. The molecule has 0 fully saturated rings. The number of likely N-dealkylation sites (N-methyl/N-ethyl adjacent to an activating group) is 1. The normalized spacial score (nSPS) is 13.4. The lowest BCUT2D eigenvalue weighted by molar-refractivity contribution is -0.121. The quantitative estimate of drug-likeness (QED) is 0.702.